The fraction of sp³-hybridized carbons (Fsp3) is 0.294. The number of rotatable bonds is 2. The van der Waals surface area contributed by atoms with Gasteiger partial charge in [0.2, 0.25) is 0 Å². The van der Waals surface area contributed by atoms with Crippen LogP contribution in [-0.4, -0.2) is 25.6 Å². The summed E-state index contributed by atoms with van der Waals surface area (Å²) in [7, 11) is 0. The van der Waals surface area contributed by atoms with Crippen LogP contribution in [0.15, 0.2) is 60.7 Å². The molecular formula is C17H16O3. The molecular weight excluding hydrogens is 252 g/mol. The summed E-state index contributed by atoms with van der Waals surface area (Å²) >= 11 is 0. The van der Waals surface area contributed by atoms with Gasteiger partial charge in [-0.2, -0.15) is 0 Å². The fourth-order valence-corrected chi connectivity index (χ4v) is 3.09. The number of hydrogen-bond acceptors (Lipinski definition) is 3. The molecule has 0 bridgehead atoms. The second kappa shape index (κ2) is 4.70. The first-order valence-corrected chi connectivity index (χ1v) is 6.93. The topological polar surface area (TPSA) is 27.7 Å². The summed E-state index contributed by atoms with van der Waals surface area (Å²) in [6, 6.07) is 20.5. The molecule has 2 fully saturated rings. The molecule has 0 amide bonds. The van der Waals surface area contributed by atoms with Crippen molar-refractivity contribution >= 4 is 0 Å². The lowest BCUT2D eigenvalue weighted by Crippen LogP contribution is -2.66. The Labute approximate surface area is 118 Å². The average molecular weight is 268 g/mol. The van der Waals surface area contributed by atoms with E-state index in [4.69, 9.17) is 14.2 Å². The van der Waals surface area contributed by atoms with Gasteiger partial charge in [0.25, 0.3) is 0 Å². The normalized spacial score (nSPS) is 27.4. The zero-order valence-corrected chi connectivity index (χ0v) is 11.1. The molecule has 0 aromatic heterocycles. The van der Waals surface area contributed by atoms with Crippen LogP contribution in [0.3, 0.4) is 0 Å². The lowest BCUT2D eigenvalue weighted by Gasteiger charge is -2.55. The maximum atomic E-state index is 6.16. The van der Waals surface area contributed by atoms with Crippen LogP contribution in [0.1, 0.15) is 11.1 Å². The van der Waals surface area contributed by atoms with Crippen molar-refractivity contribution in [2.24, 2.45) is 0 Å². The van der Waals surface area contributed by atoms with Crippen LogP contribution in [0, 0.1) is 0 Å². The van der Waals surface area contributed by atoms with Gasteiger partial charge in [-0.1, -0.05) is 60.7 Å². The molecule has 2 saturated heterocycles. The minimum Gasteiger partial charge on any atom is -0.367 e. The van der Waals surface area contributed by atoms with Crippen molar-refractivity contribution in [1.29, 1.82) is 0 Å². The van der Waals surface area contributed by atoms with E-state index in [9.17, 15) is 0 Å². The van der Waals surface area contributed by atoms with Crippen molar-refractivity contribution in [2.75, 3.05) is 13.2 Å². The van der Waals surface area contributed by atoms with E-state index in [1.807, 2.05) is 36.4 Å². The van der Waals surface area contributed by atoms with Crippen LogP contribution in [0.4, 0.5) is 0 Å². The lowest BCUT2D eigenvalue weighted by molar-refractivity contribution is -0.399. The zero-order valence-electron chi connectivity index (χ0n) is 11.1. The van der Waals surface area contributed by atoms with Crippen molar-refractivity contribution < 1.29 is 14.2 Å². The van der Waals surface area contributed by atoms with Crippen LogP contribution in [0.25, 0.3) is 0 Å². The Balaban J connectivity index is 1.82. The highest BCUT2D eigenvalue weighted by Gasteiger charge is 2.60. The molecule has 0 N–H and O–H groups in total. The van der Waals surface area contributed by atoms with E-state index in [0.29, 0.717) is 13.2 Å². The number of benzene rings is 2. The third-order valence-electron chi connectivity index (χ3n) is 4.02. The van der Waals surface area contributed by atoms with Gasteiger partial charge in [0.1, 0.15) is 6.10 Å². The van der Waals surface area contributed by atoms with Gasteiger partial charge in [0, 0.05) is 0 Å². The predicted molar refractivity (Wildman–Crippen MR) is 74.2 cm³/mol. The molecule has 2 unspecified atom stereocenters. The van der Waals surface area contributed by atoms with E-state index in [0.717, 1.165) is 11.1 Å². The van der Waals surface area contributed by atoms with Crippen LogP contribution in [0.5, 0.6) is 0 Å². The number of hydrogen-bond donors (Lipinski definition) is 0. The van der Waals surface area contributed by atoms with E-state index in [1.165, 1.54) is 0 Å². The van der Waals surface area contributed by atoms with Gasteiger partial charge >= 0.3 is 0 Å². The monoisotopic (exact) mass is 268 g/mol. The molecule has 0 spiro atoms. The molecule has 102 valence electrons. The molecule has 2 heterocycles. The molecule has 3 heteroatoms. The fourth-order valence-electron chi connectivity index (χ4n) is 3.09. The highest BCUT2D eigenvalue weighted by Crippen LogP contribution is 2.50. The van der Waals surface area contributed by atoms with Gasteiger partial charge in [-0.05, 0) is 11.1 Å². The van der Waals surface area contributed by atoms with E-state index < -0.39 is 5.60 Å². The van der Waals surface area contributed by atoms with E-state index in [-0.39, 0.29) is 12.4 Å². The molecule has 20 heavy (non-hydrogen) atoms. The second-order valence-corrected chi connectivity index (χ2v) is 5.12. The predicted octanol–water partition coefficient (Wildman–Crippen LogP) is 2.70. The summed E-state index contributed by atoms with van der Waals surface area (Å²) in [5, 5.41) is 0. The summed E-state index contributed by atoms with van der Waals surface area (Å²) in [5.74, 6) is 0. The minimum absolute atomic E-state index is 0.0824. The minimum atomic E-state index is -0.548. The van der Waals surface area contributed by atoms with E-state index in [1.54, 1.807) is 0 Å². The molecule has 2 aromatic rings. The van der Waals surface area contributed by atoms with Crippen LogP contribution >= 0.6 is 0 Å². The first-order chi connectivity index (χ1) is 9.91. The molecule has 0 radical (unpaired) electrons. The highest BCUT2D eigenvalue weighted by atomic mass is 16.8. The third kappa shape index (κ3) is 1.64. The Hall–Kier alpha value is -1.68. The molecule has 0 aliphatic carbocycles. The molecule has 2 aliphatic heterocycles. The van der Waals surface area contributed by atoms with E-state index in [2.05, 4.69) is 24.3 Å². The van der Waals surface area contributed by atoms with Crippen molar-refractivity contribution in [1.82, 2.24) is 0 Å². The third-order valence-corrected chi connectivity index (χ3v) is 4.02. The Bertz CT molecular complexity index is 542. The van der Waals surface area contributed by atoms with Gasteiger partial charge < -0.3 is 14.2 Å². The highest BCUT2D eigenvalue weighted by molar-refractivity contribution is 5.41. The van der Waals surface area contributed by atoms with E-state index >= 15 is 0 Å². The molecule has 2 aromatic carbocycles. The molecule has 0 saturated carbocycles. The molecule has 4 rings (SSSR count). The van der Waals surface area contributed by atoms with Gasteiger partial charge in [-0.3, -0.25) is 0 Å². The summed E-state index contributed by atoms with van der Waals surface area (Å²) < 4.78 is 17.7. The van der Waals surface area contributed by atoms with Crippen LogP contribution < -0.4 is 0 Å². The Morgan fingerprint density at radius 1 is 0.750 bits per heavy atom. The first kappa shape index (κ1) is 12.1. The molecule has 2 aliphatic rings. The quantitative estimate of drug-likeness (QED) is 0.838. The SMILES string of the molecule is c1ccc(C2(c3ccccc3)OC3OCCOC32)cc1. The zero-order chi connectivity index (χ0) is 13.4. The van der Waals surface area contributed by atoms with Gasteiger partial charge in [0.05, 0.1) is 13.2 Å². The standard InChI is InChI=1S/C17H16O3/c1-3-7-13(8-4-1)17(14-9-5-2-6-10-14)15-16(20-17)19-12-11-18-15/h1-10,15-16H,11-12H2. The smallest absolute Gasteiger partial charge is 0.189 e. The van der Waals surface area contributed by atoms with Crippen molar-refractivity contribution in [2.45, 2.75) is 18.0 Å². The summed E-state index contributed by atoms with van der Waals surface area (Å²) in [4.78, 5) is 0. The Morgan fingerprint density at radius 3 is 1.85 bits per heavy atom. The Kier molecular flexibility index (Phi) is 2.84. The lowest BCUT2D eigenvalue weighted by atomic mass is 9.76. The molecule has 2 atom stereocenters. The average Bonchev–Trinajstić information content (AvgIpc) is 2.51. The maximum Gasteiger partial charge on any atom is 0.189 e. The Morgan fingerprint density at radius 2 is 1.30 bits per heavy atom. The maximum absolute atomic E-state index is 6.16. The van der Waals surface area contributed by atoms with Crippen molar-refractivity contribution in [3.8, 4) is 0 Å². The van der Waals surface area contributed by atoms with Gasteiger partial charge in [-0.15, -0.1) is 0 Å². The summed E-state index contributed by atoms with van der Waals surface area (Å²) in [6.45, 7) is 1.22. The van der Waals surface area contributed by atoms with Crippen LogP contribution in [0.2, 0.25) is 0 Å². The second-order valence-electron chi connectivity index (χ2n) is 5.12. The number of ether oxygens (including phenoxy) is 3. The van der Waals surface area contributed by atoms with Gasteiger partial charge in [0.15, 0.2) is 11.9 Å². The number of fused-ring (bicyclic) bond motifs is 1. The first-order valence-electron chi connectivity index (χ1n) is 6.93. The van der Waals surface area contributed by atoms with Crippen LogP contribution in [-0.2, 0) is 19.8 Å². The summed E-state index contributed by atoms with van der Waals surface area (Å²) in [5.41, 5.74) is 1.67. The summed E-state index contributed by atoms with van der Waals surface area (Å²) in [6.07, 6.45) is -0.342. The van der Waals surface area contributed by atoms with Crippen molar-refractivity contribution in [3.05, 3.63) is 71.8 Å². The molecule has 3 nitrogen and oxygen atoms in total. The largest absolute Gasteiger partial charge is 0.367 e. The van der Waals surface area contributed by atoms with Crippen molar-refractivity contribution in [3.63, 3.8) is 0 Å². The van der Waals surface area contributed by atoms with Gasteiger partial charge in [-0.25, -0.2) is 0 Å².